The van der Waals surface area contributed by atoms with Crippen LogP contribution in [0.25, 0.3) is 0 Å². The highest BCUT2D eigenvalue weighted by Gasteiger charge is 2.49. The van der Waals surface area contributed by atoms with Crippen LogP contribution in [0, 0.1) is 0 Å². The van der Waals surface area contributed by atoms with E-state index in [0.717, 1.165) is 0 Å². The van der Waals surface area contributed by atoms with Crippen molar-refractivity contribution in [1.82, 2.24) is 0 Å². The highest BCUT2D eigenvalue weighted by atomic mass is 32.2. The Hall–Kier alpha value is -0.620. The van der Waals surface area contributed by atoms with Crippen molar-refractivity contribution in [3.05, 3.63) is 0 Å². The van der Waals surface area contributed by atoms with Gasteiger partial charge in [-0.15, -0.1) is 0 Å². The average Bonchev–Trinajstić information content (AvgIpc) is 2.02. The SMILES string of the molecule is CC1CC(O)C(C(=O)O)S1(=O)=O. The average molecular weight is 194 g/mol. The molecule has 1 aliphatic rings. The van der Waals surface area contributed by atoms with Gasteiger partial charge in [-0.2, -0.15) is 0 Å². The van der Waals surface area contributed by atoms with Gasteiger partial charge < -0.3 is 10.2 Å². The first-order chi connectivity index (χ1) is 5.37. The lowest BCUT2D eigenvalue weighted by molar-refractivity contribution is -0.138. The molecule has 1 rings (SSSR count). The van der Waals surface area contributed by atoms with Crippen LogP contribution in [0.3, 0.4) is 0 Å². The molecule has 0 radical (unpaired) electrons. The Morgan fingerprint density at radius 3 is 2.17 bits per heavy atom. The zero-order chi connectivity index (χ0) is 9.52. The summed E-state index contributed by atoms with van der Waals surface area (Å²) in [4.78, 5) is 10.4. The molecule has 3 atom stereocenters. The van der Waals surface area contributed by atoms with E-state index in [1.165, 1.54) is 6.92 Å². The van der Waals surface area contributed by atoms with E-state index in [2.05, 4.69) is 0 Å². The van der Waals surface area contributed by atoms with Crippen LogP contribution in [0.1, 0.15) is 13.3 Å². The van der Waals surface area contributed by atoms with E-state index in [4.69, 9.17) is 10.2 Å². The molecule has 0 aromatic heterocycles. The lowest BCUT2D eigenvalue weighted by Crippen LogP contribution is -2.35. The van der Waals surface area contributed by atoms with Crippen LogP contribution in [-0.4, -0.2) is 41.2 Å². The minimum atomic E-state index is -3.66. The summed E-state index contributed by atoms with van der Waals surface area (Å²) in [6.07, 6.45) is -1.25. The molecule has 2 N–H and O–H groups in total. The number of carboxylic acid groups (broad SMARTS) is 1. The summed E-state index contributed by atoms with van der Waals surface area (Å²) < 4.78 is 22.4. The first kappa shape index (κ1) is 9.47. The van der Waals surface area contributed by atoms with E-state index < -0.39 is 32.4 Å². The molecular weight excluding hydrogens is 184 g/mol. The van der Waals surface area contributed by atoms with Gasteiger partial charge in [0.2, 0.25) is 0 Å². The standard InChI is InChI=1S/C6H10O5S/c1-3-2-4(7)5(6(8)9)12(3,10)11/h3-5,7H,2H2,1H3,(H,8,9). The van der Waals surface area contributed by atoms with Gasteiger partial charge in [-0.05, 0) is 13.3 Å². The Kier molecular flexibility index (Phi) is 2.13. The number of aliphatic hydroxyl groups excluding tert-OH is 1. The molecule has 0 aromatic carbocycles. The van der Waals surface area contributed by atoms with Crippen LogP contribution >= 0.6 is 0 Å². The molecule has 5 nitrogen and oxygen atoms in total. The largest absolute Gasteiger partial charge is 0.480 e. The van der Waals surface area contributed by atoms with Gasteiger partial charge in [0, 0.05) is 0 Å². The monoisotopic (exact) mass is 194 g/mol. The third-order valence-electron chi connectivity index (χ3n) is 2.08. The fraction of sp³-hybridized carbons (Fsp3) is 0.833. The molecule has 1 saturated heterocycles. The Bertz CT molecular complexity index is 293. The first-order valence-corrected chi connectivity index (χ1v) is 5.12. The van der Waals surface area contributed by atoms with Crippen LogP contribution in [0.2, 0.25) is 0 Å². The van der Waals surface area contributed by atoms with Crippen molar-refractivity contribution in [2.24, 2.45) is 0 Å². The number of carbonyl (C=O) groups is 1. The van der Waals surface area contributed by atoms with Gasteiger partial charge >= 0.3 is 5.97 Å². The summed E-state index contributed by atoms with van der Waals surface area (Å²) in [6.45, 7) is 1.40. The minimum Gasteiger partial charge on any atom is -0.480 e. The zero-order valence-electron chi connectivity index (χ0n) is 6.47. The molecule has 0 amide bonds. The Morgan fingerprint density at radius 1 is 1.50 bits per heavy atom. The number of aliphatic hydroxyl groups is 1. The molecule has 3 unspecified atom stereocenters. The smallest absolute Gasteiger partial charge is 0.324 e. The van der Waals surface area contributed by atoms with Crippen LogP contribution < -0.4 is 0 Å². The summed E-state index contributed by atoms with van der Waals surface area (Å²) in [7, 11) is -3.66. The van der Waals surface area contributed by atoms with Crippen molar-refractivity contribution in [2.45, 2.75) is 29.9 Å². The van der Waals surface area contributed by atoms with E-state index in [-0.39, 0.29) is 6.42 Å². The molecule has 70 valence electrons. The van der Waals surface area contributed by atoms with Crippen LogP contribution in [0.15, 0.2) is 0 Å². The molecule has 0 spiro atoms. The van der Waals surface area contributed by atoms with Crippen molar-refractivity contribution in [2.75, 3.05) is 0 Å². The van der Waals surface area contributed by atoms with Gasteiger partial charge in [0.1, 0.15) is 0 Å². The maximum atomic E-state index is 11.2. The van der Waals surface area contributed by atoms with Crippen molar-refractivity contribution in [3.8, 4) is 0 Å². The fourth-order valence-corrected chi connectivity index (χ4v) is 3.17. The van der Waals surface area contributed by atoms with E-state index >= 15 is 0 Å². The highest BCUT2D eigenvalue weighted by Crippen LogP contribution is 2.27. The summed E-state index contributed by atoms with van der Waals surface area (Å²) in [5.41, 5.74) is 0. The number of rotatable bonds is 1. The zero-order valence-corrected chi connectivity index (χ0v) is 7.28. The molecule has 0 bridgehead atoms. The van der Waals surface area contributed by atoms with Crippen molar-refractivity contribution in [3.63, 3.8) is 0 Å². The van der Waals surface area contributed by atoms with Crippen molar-refractivity contribution >= 4 is 15.8 Å². The Balaban J connectivity index is 3.08. The maximum absolute atomic E-state index is 11.2. The lowest BCUT2D eigenvalue weighted by Gasteiger charge is -2.07. The van der Waals surface area contributed by atoms with Crippen LogP contribution in [-0.2, 0) is 14.6 Å². The van der Waals surface area contributed by atoms with Crippen LogP contribution in [0.5, 0.6) is 0 Å². The number of hydrogen-bond donors (Lipinski definition) is 2. The minimum absolute atomic E-state index is 0.0132. The first-order valence-electron chi connectivity index (χ1n) is 3.51. The molecule has 0 aliphatic carbocycles. The quantitative estimate of drug-likeness (QED) is 0.559. The molecule has 1 fully saturated rings. The third-order valence-corrected chi connectivity index (χ3v) is 4.62. The van der Waals surface area contributed by atoms with E-state index in [1.807, 2.05) is 0 Å². The molecule has 0 saturated carbocycles. The predicted octanol–water partition coefficient (Wildman–Crippen LogP) is -0.993. The maximum Gasteiger partial charge on any atom is 0.324 e. The van der Waals surface area contributed by atoms with E-state index in [0.29, 0.717) is 0 Å². The highest BCUT2D eigenvalue weighted by molar-refractivity contribution is 7.93. The summed E-state index contributed by atoms with van der Waals surface area (Å²) in [5, 5.41) is 15.2. The summed E-state index contributed by atoms with van der Waals surface area (Å²) in [5.74, 6) is -1.47. The summed E-state index contributed by atoms with van der Waals surface area (Å²) in [6, 6.07) is 0. The number of sulfone groups is 1. The molecule has 6 heteroatoms. The number of hydrogen-bond acceptors (Lipinski definition) is 4. The Morgan fingerprint density at radius 2 is 2.00 bits per heavy atom. The molecule has 1 aliphatic heterocycles. The molecule has 0 aromatic rings. The van der Waals surface area contributed by atoms with Gasteiger partial charge in [-0.3, -0.25) is 4.79 Å². The van der Waals surface area contributed by atoms with Gasteiger partial charge in [0.05, 0.1) is 11.4 Å². The normalized spacial score (nSPS) is 39.7. The van der Waals surface area contributed by atoms with Gasteiger partial charge in [-0.1, -0.05) is 0 Å². The third kappa shape index (κ3) is 1.21. The van der Waals surface area contributed by atoms with Gasteiger partial charge in [0.25, 0.3) is 0 Å². The number of aliphatic carboxylic acids is 1. The second-order valence-corrected chi connectivity index (χ2v) is 5.45. The van der Waals surface area contributed by atoms with Gasteiger partial charge in [-0.25, -0.2) is 8.42 Å². The molecular formula is C6H10O5S. The second-order valence-electron chi connectivity index (χ2n) is 2.96. The topological polar surface area (TPSA) is 91.7 Å². The van der Waals surface area contributed by atoms with E-state index in [9.17, 15) is 13.2 Å². The van der Waals surface area contributed by atoms with Crippen LogP contribution in [0.4, 0.5) is 0 Å². The molecule has 12 heavy (non-hydrogen) atoms. The summed E-state index contributed by atoms with van der Waals surface area (Å²) >= 11 is 0. The van der Waals surface area contributed by atoms with Crippen molar-refractivity contribution in [1.29, 1.82) is 0 Å². The van der Waals surface area contributed by atoms with E-state index in [1.54, 1.807) is 0 Å². The lowest BCUT2D eigenvalue weighted by atomic mass is 10.1. The fourth-order valence-electron chi connectivity index (χ4n) is 1.37. The molecule has 1 heterocycles. The predicted molar refractivity (Wildman–Crippen MR) is 40.4 cm³/mol. The van der Waals surface area contributed by atoms with Crippen molar-refractivity contribution < 1.29 is 23.4 Å². The number of carboxylic acids is 1. The van der Waals surface area contributed by atoms with Gasteiger partial charge in [0.15, 0.2) is 15.1 Å². The second kappa shape index (κ2) is 2.70. The Labute approximate surface area is 69.9 Å².